The molecule has 1 atom stereocenters. The van der Waals surface area contributed by atoms with E-state index in [0.717, 1.165) is 12.8 Å². The summed E-state index contributed by atoms with van der Waals surface area (Å²) in [5.74, 6) is 0. The molecular formula is C30H30GeOSe. The van der Waals surface area contributed by atoms with Crippen molar-refractivity contribution in [2.45, 2.75) is 31.0 Å². The molecule has 0 spiro atoms. The number of rotatable bonds is 10. The number of benzene rings is 4. The van der Waals surface area contributed by atoms with E-state index in [1.54, 1.807) is 0 Å². The van der Waals surface area contributed by atoms with Crippen LogP contribution in [0.3, 0.4) is 0 Å². The molecule has 0 radical (unpaired) electrons. The third-order valence-corrected chi connectivity index (χ3v) is 18.4. The molecule has 0 saturated carbocycles. The molecule has 1 unspecified atom stereocenters. The van der Waals surface area contributed by atoms with Gasteiger partial charge in [0.1, 0.15) is 0 Å². The second-order valence-electron chi connectivity index (χ2n) is 8.41. The van der Waals surface area contributed by atoms with E-state index in [0.29, 0.717) is 30.8 Å². The van der Waals surface area contributed by atoms with Crippen molar-refractivity contribution < 1.29 is 4.79 Å². The van der Waals surface area contributed by atoms with Crippen LogP contribution in [-0.4, -0.2) is 32.8 Å². The maximum atomic E-state index is 14.3. The summed E-state index contributed by atoms with van der Waals surface area (Å²) in [6.45, 7) is 2.33. The van der Waals surface area contributed by atoms with Crippen molar-refractivity contribution in [3.8, 4) is 0 Å². The van der Waals surface area contributed by atoms with Gasteiger partial charge < -0.3 is 0 Å². The minimum absolute atomic E-state index is 0.446. The van der Waals surface area contributed by atoms with Gasteiger partial charge in [-0.1, -0.05) is 0 Å². The fraction of sp³-hybridized carbons (Fsp3) is 0.167. The van der Waals surface area contributed by atoms with E-state index < -0.39 is 13.3 Å². The van der Waals surface area contributed by atoms with E-state index in [9.17, 15) is 4.79 Å². The van der Waals surface area contributed by atoms with Gasteiger partial charge in [0.15, 0.2) is 0 Å². The number of carbonyl (C=O) groups is 1. The molecule has 4 rings (SSSR count). The molecule has 1 nitrogen and oxygen atoms in total. The summed E-state index contributed by atoms with van der Waals surface area (Å²) in [6.07, 6.45) is 2.69. The Kier molecular flexibility index (Phi) is 8.39. The molecule has 0 bridgehead atoms. The van der Waals surface area contributed by atoms with Crippen LogP contribution in [0.25, 0.3) is 0 Å². The Morgan fingerprint density at radius 3 is 1.48 bits per heavy atom. The average Bonchev–Trinajstić information content (AvgIpc) is 2.87. The average molecular weight is 558 g/mol. The summed E-state index contributed by atoms with van der Waals surface area (Å²) >= 11 is -3.07. The predicted octanol–water partition coefficient (Wildman–Crippen LogP) is 4.27. The molecule has 0 saturated heterocycles. The molecule has 33 heavy (non-hydrogen) atoms. The van der Waals surface area contributed by atoms with Crippen LogP contribution in [0.2, 0.25) is 4.82 Å². The zero-order chi connectivity index (χ0) is 22.9. The van der Waals surface area contributed by atoms with E-state index in [2.05, 4.69) is 110 Å². The Morgan fingerprint density at radius 1 is 0.667 bits per heavy atom. The summed E-state index contributed by atoms with van der Waals surface area (Å²) in [5, 5.41) is 0. The SMILES string of the molecule is CC(CCC[C](=O)[Ge]([c]1ccccc1)([c]1ccccc1)[c]1ccccc1)[Se]c1ccccc1. The predicted molar refractivity (Wildman–Crippen MR) is 144 cm³/mol. The normalized spacial score (nSPS) is 12.3. The molecule has 0 N–H and O–H groups in total. The van der Waals surface area contributed by atoms with Crippen LogP contribution in [-0.2, 0) is 4.79 Å². The van der Waals surface area contributed by atoms with Crippen molar-refractivity contribution in [2.24, 2.45) is 0 Å². The van der Waals surface area contributed by atoms with Crippen molar-refractivity contribution in [3.63, 3.8) is 0 Å². The third kappa shape index (κ3) is 5.58. The van der Waals surface area contributed by atoms with Gasteiger partial charge in [-0.15, -0.1) is 0 Å². The molecule has 4 aromatic rings. The van der Waals surface area contributed by atoms with Crippen LogP contribution in [0.1, 0.15) is 26.2 Å². The van der Waals surface area contributed by atoms with Crippen molar-refractivity contribution in [2.75, 3.05) is 0 Å². The van der Waals surface area contributed by atoms with Gasteiger partial charge in [-0.3, -0.25) is 0 Å². The van der Waals surface area contributed by atoms with E-state index in [-0.39, 0.29) is 0 Å². The molecule has 0 heterocycles. The fourth-order valence-electron chi connectivity index (χ4n) is 4.58. The van der Waals surface area contributed by atoms with Gasteiger partial charge in [-0.25, -0.2) is 0 Å². The summed E-state index contributed by atoms with van der Waals surface area (Å²) in [6, 6.07) is 42.5. The molecule has 0 fully saturated rings. The maximum absolute atomic E-state index is 14.3. The summed E-state index contributed by atoms with van der Waals surface area (Å²) in [5.41, 5.74) is 0. The topological polar surface area (TPSA) is 17.1 Å². The second kappa shape index (κ2) is 11.7. The van der Waals surface area contributed by atoms with Crippen molar-refractivity contribution in [1.29, 1.82) is 0 Å². The molecule has 0 aliphatic rings. The quantitative estimate of drug-likeness (QED) is 0.266. The van der Waals surface area contributed by atoms with Crippen molar-refractivity contribution in [1.82, 2.24) is 0 Å². The molecule has 3 heteroatoms. The summed E-state index contributed by atoms with van der Waals surface area (Å²) < 4.78 is 5.57. The summed E-state index contributed by atoms with van der Waals surface area (Å²) in [7, 11) is 0. The molecule has 0 aliphatic heterocycles. The standard InChI is InChI=1S/C30H30GeOSe/c1-25(33-29-22-12-5-13-23-29)15-14-24-30(32)31(26-16-6-2-7-17-26,27-18-8-3-9-19-27)28-20-10-4-11-21-28/h2-13,16-23,25H,14-15,24H2,1H3. The van der Waals surface area contributed by atoms with Gasteiger partial charge in [0.2, 0.25) is 0 Å². The van der Waals surface area contributed by atoms with Crippen LogP contribution in [0.5, 0.6) is 0 Å². The first-order valence-corrected chi connectivity index (χ1v) is 17.7. The molecule has 4 aromatic carbocycles. The Hall–Kier alpha value is -2.39. The van der Waals surface area contributed by atoms with E-state index in [1.165, 1.54) is 17.6 Å². The van der Waals surface area contributed by atoms with Crippen LogP contribution in [0.4, 0.5) is 0 Å². The molecule has 0 amide bonds. The molecule has 0 aromatic heterocycles. The van der Waals surface area contributed by atoms with Crippen molar-refractivity contribution in [3.05, 3.63) is 121 Å². The van der Waals surface area contributed by atoms with Gasteiger partial charge in [-0.2, -0.15) is 0 Å². The Morgan fingerprint density at radius 2 is 1.06 bits per heavy atom. The molecule has 166 valence electrons. The Balaban J connectivity index is 1.63. The minimum atomic E-state index is -3.51. The van der Waals surface area contributed by atoms with E-state index in [4.69, 9.17) is 0 Å². The first-order chi connectivity index (χ1) is 16.2. The van der Waals surface area contributed by atoms with Gasteiger partial charge in [0.25, 0.3) is 0 Å². The zero-order valence-corrected chi connectivity index (χ0v) is 22.9. The monoisotopic (exact) mass is 560 g/mol. The van der Waals surface area contributed by atoms with Crippen LogP contribution in [0.15, 0.2) is 121 Å². The van der Waals surface area contributed by atoms with Crippen molar-refractivity contribution >= 4 is 50.5 Å². The Labute approximate surface area is 206 Å². The molecule has 0 aliphatic carbocycles. The zero-order valence-electron chi connectivity index (χ0n) is 19.1. The van der Waals surface area contributed by atoms with Gasteiger partial charge in [0, 0.05) is 0 Å². The van der Waals surface area contributed by atoms with E-state index in [1.807, 2.05) is 18.2 Å². The van der Waals surface area contributed by atoms with E-state index >= 15 is 0 Å². The first kappa shape index (κ1) is 23.8. The van der Waals surface area contributed by atoms with Crippen LogP contribution >= 0.6 is 0 Å². The van der Waals surface area contributed by atoms with Gasteiger partial charge >= 0.3 is 208 Å². The van der Waals surface area contributed by atoms with Crippen LogP contribution < -0.4 is 17.6 Å². The third-order valence-electron chi connectivity index (χ3n) is 6.13. The second-order valence-corrected chi connectivity index (χ2v) is 19.5. The molecular weight excluding hydrogens is 528 g/mol. The van der Waals surface area contributed by atoms with Crippen LogP contribution in [0, 0.1) is 0 Å². The fourth-order valence-corrected chi connectivity index (χ4v) is 16.4. The summed E-state index contributed by atoms with van der Waals surface area (Å²) in [4.78, 5) is 14.9. The van der Waals surface area contributed by atoms with Gasteiger partial charge in [0.05, 0.1) is 0 Å². The Bertz CT molecular complexity index is 1030. The number of hydrogen-bond acceptors (Lipinski definition) is 1. The van der Waals surface area contributed by atoms with Gasteiger partial charge in [-0.05, 0) is 0 Å². The number of hydrogen-bond donors (Lipinski definition) is 0. The first-order valence-electron chi connectivity index (χ1n) is 11.6. The number of carbonyl (C=O) groups excluding carboxylic acids is 1.